The molecule has 2 saturated heterocycles. The van der Waals surface area contributed by atoms with Gasteiger partial charge in [-0.2, -0.15) is 0 Å². The molecule has 2 aliphatic heterocycles. The van der Waals surface area contributed by atoms with Gasteiger partial charge in [0.1, 0.15) is 5.75 Å². The molecule has 28 heavy (non-hydrogen) atoms. The molecular weight excluding hydrogens is 380 g/mol. The van der Waals surface area contributed by atoms with E-state index >= 15 is 0 Å². The van der Waals surface area contributed by atoms with Gasteiger partial charge in [-0.3, -0.25) is 4.79 Å². The zero-order valence-corrected chi connectivity index (χ0v) is 17.7. The number of carbonyl (C=O) groups excluding carboxylic acids is 1. The largest absolute Gasteiger partial charge is 0.497 e. The van der Waals surface area contributed by atoms with Crippen molar-refractivity contribution in [2.75, 3.05) is 39.6 Å². The minimum absolute atomic E-state index is 0.0427. The molecule has 1 aromatic rings. The van der Waals surface area contributed by atoms with E-state index in [2.05, 4.69) is 4.72 Å². The molecule has 0 radical (unpaired) electrons. The van der Waals surface area contributed by atoms with Gasteiger partial charge in [-0.15, -0.1) is 0 Å². The fourth-order valence-electron chi connectivity index (χ4n) is 4.21. The first-order valence-electron chi connectivity index (χ1n) is 9.74. The average Bonchev–Trinajstić information content (AvgIpc) is 2.66. The Kier molecular flexibility index (Phi) is 6.31. The number of nitrogens with one attached hydrogen (secondary N) is 1. The molecule has 0 aromatic heterocycles. The van der Waals surface area contributed by atoms with Crippen LogP contribution in [0.25, 0.3) is 0 Å². The number of hydrogen-bond acceptors (Lipinski definition) is 5. The minimum Gasteiger partial charge on any atom is -0.497 e. The predicted molar refractivity (Wildman–Crippen MR) is 107 cm³/mol. The van der Waals surface area contributed by atoms with Gasteiger partial charge in [0.25, 0.3) is 5.91 Å². The third kappa shape index (κ3) is 5.04. The van der Waals surface area contributed by atoms with Gasteiger partial charge in [0, 0.05) is 31.8 Å². The maximum absolute atomic E-state index is 12.9. The van der Waals surface area contributed by atoms with Crippen LogP contribution >= 0.6 is 0 Å². The Morgan fingerprint density at radius 1 is 1.36 bits per heavy atom. The zero-order valence-electron chi connectivity index (χ0n) is 16.9. The SMILES string of the molecule is COc1ccc(C(=O)N2CCC3(CC2)CC(CNS(C)(=O)=O)CCO3)c(C)c1. The molecule has 1 atom stereocenters. The molecule has 8 heteroatoms. The summed E-state index contributed by atoms with van der Waals surface area (Å²) >= 11 is 0. The highest BCUT2D eigenvalue weighted by atomic mass is 32.2. The highest BCUT2D eigenvalue weighted by Crippen LogP contribution is 2.38. The van der Waals surface area contributed by atoms with E-state index in [4.69, 9.17) is 9.47 Å². The highest BCUT2D eigenvalue weighted by molar-refractivity contribution is 7.88. The van der Waals surface area contributed by atoms with Crippen molar-refractivity contribution in [2.24, 2.45) is 5.92 Å². The maximum Gasteiger partial charge on any atom is 0.254 e. The molecule has 1 spiro atoms. The van der Waals surface area contributed by atoms with Crippen LogP contribution in [0.4, 0.5) is 0 Å². The molecule has 1 unspecified atom stereocenters. The van der Waals surface area contributed by atoms with Crippen LogP contribution in [-0.2, 0) is 14.8 Å². The van der Waals surface area contributed by atoms with Gasteiger partial charge >= 0.3 is 0 Å². The molecule has 1 aromatic carbocycles. The smallest absolute Gasteiger partial charge is 0.254 e. The zero-order chi connectivity index (χ0) is 20.4. The maximum atomic E-state index is 12.9. The van der Waals surface area contributed by atoms with Gasteiger partial charge in [0.15, 0.2) is 0 Å². The van der Waals surface area contributed by atoms with Crippen LogP contribution in [-0.4, -0.2) is 64.4 Å². The van der Waals surface area contributed by atoms with Crippen LogP contribution in [0.3, 0.4) is 0 Å². The summed E-state index contributed by atoms with van der Waals surface area (Å²) in [7, 11) is -1.56. The van der Waals surface area contributed by atoms with Crippen molar-refractivity contribution in [1.29, 1.82) is 0 Å². The van der Waals surface area contributed by atoms with Crippen LogP contribution in [0.15, 0.2) is 18.2 Å². The van der Waals surface area contributed by atoms with Crippen LogP contribution < -0.4 is 9.46 Å². The summed E-state index contributed by atoms with van der Waals surface area (Å²) in [6.45, 7) is 4.32. The fraction of sp³-hybridized carbons (Fsp3) is 0.650. The van der Waals surface area contributed by atoms with Crippen molar-refractivity contribution in [2.45, 2.75) is 38.2 Å². The summed E-state index contributed by atoms with van der Waals surface area (Å²) in [4.78, 5) is 14.8. The molecule has 7 nitrogen and oxygen atoms in total. The van der Waals surface area contributed by atoms with Crippen molar-refractivity contribution in [1.82, 2.24) is 9.62 Å². The van der Waals surface area contributed by atoms with Gasteiger partial charge < -0.3 is 14.4 Å². The average molecular weight is 411 g/mol. The Hall–Kier alpha value is -1.64. The Labute approximate surface area is 167 Å². The number of piperidine rings is 1. The first-order valence-corrected chi connectivity index (χ1v) is 11.6. The van der Waals surface area contributed by atoms with E-state index in [1.54, 1.807) is 7.11 Å². The number of hydrogen-bond donors (Lipinski definition) is 1. The van der Waals surface area contributed by atoms with Crippen LogP contribution in [0, 0.1) is 12.8 Å². The van der Waals surface area contributed by atoms with E-state index in [1.807, 2.05) is 30.0 Å². The number of aryl methyl sites for hydroxylation is 1. The molecular formula is C20H30N2O5S. The minimum atomic E-state index is -3.18. The quantitative estimate of drug-likeness (QED) is 0.802. The summed E-state index contributed by atoms with van der Waals surface area (Å²) < 4.78 is 36.7. The van der Waals surface area contributed by atoms with E-state index in [0.717, 1.165) is 37.0 Å². The monoisotopic (exact) mass is 410 g/mol. The van der Waals surface area contributed by atoms with E-state index < -0.39 is 10.0 Å². The number of methoxy groups -OCH3 is 1. The lowest BCUT2D eigenvalue weighted by atomic mass is 9.79. The lowest BCUT2D eigenvalue weighted by Gasteiger charge is -2.46. The molecule has 1 N–H and O–H groups in total. The van der Waals surface area contributed by atoms with E-state index in [0.29, 0.717) is 31.8 Å². The highest BCUT2D eigenvalue weighted by Gasteiger charge is 2.41. The van der Waals surface area contributed by atoms with Gasteiger partial charge in [-0.1, -0.05) is 0 Å². The second-order valence-corrected chi connectivity index (χ2v) is 9.82. The second kappa shape index (κ2) is 8.39. The number of sulfonamides is 1. The van der Waals surface area contributed by atoms with E-state index in [1.165, 1.54) is 6.26 Å². The summed E-state index contributed by atoms with van der Waals surface area (Å²) in [6, 6.07) is 5.52. The van der Waals surface area contributed by atoms with Gasteiger partial charge in [0.05, 0.1) is 19.0 Å². The summed E-state index contributed by atoms with van der Waals surface area (Å²) in [5, 5.41) is 0. The van der Waals surface area contributed by atoms with Crippen LogP contribution in [0.5, 0.6) is 5.75 Å². The first kappa shape index (κ1) is 21.1. The van der Waals surface area contributed by atoms with Crippen LogP contribution in [0.1, 0.15) is 41.6 Å². The van der Waals surface area contributed by atoms with Crippen molar-refractivity contribution >= 4 is 15.9 Å². The van der Waals surface area contributed by atoms with Crippen molar-refractivity contribution in [3.05, 3.63) is 29.3 Å². The van der Waals surface area contributed by atoms with Crippen molar-refractivity contribution in [3.63, 3.8) is 0 Å². The number of rotatable bonds is 5. The lowest BCUT2D eigenvalue weighted by molar-refractivity contribution is -0.122. The molecule has 1 amide bonds. The van der Waals surface area contributed by atoms with E-state index in [9.17, 15) is 13.2 Å². The van der Waals surface area contributed by atoms with Crippen molar-refractivity contribution < 1.29 is 22.7 Å². The molecule has 0 saturated carbocycles. The first-order chi connectivity index (χ1) is 13.2. The van der Waals surface area contributed by atoms with E-state index in [-0.39, 0.29) is 17.4 Å². The number of benzene rings is 1. The van der Waals surface area contributed by atoms with Gasteiger partial charge in [-0.05, 0) is 62.3 Å². The number of carbonyl (C=O) groups is 1. The molecule has 2 fully saturated rings. The van der Waals surface area contributed by atoms with Gasteiger partial charge in [-0.25, -0.2) is 13.1 Å². The Balaban J connectivity index is 1.59. The molecule has 3 rings (SSSR count). The summed E-state index contributed by atoms with van der Waals surface area (Å²) in [6.07, 6.45) is 4.44. The number of amides is 1. The standard InChI is InChI=1S/C20H30N2O5S/c1-15-12-17(26-2)4-5-18(15)19(23)22-9-7-20(8-10-22)13-16(6-11-27-20)14-21-28(3,24)25/h4-5,12,16,21H,6-11,13-14H2,1-3H3. The Morgan fingerprint density at radius 2 is 2.07 bits per heavy atom. The number of ether oxygens (including phenoxy) is 2. The Morgan fingerprint density at radius 3 is 2.68 bits per heavy atom. The normalized spacial score (nSPS) is 22.2. The van der Waals surface area contributed by atoms with Crippen LogP contribution in [0.2, 0.25) is 0 Å². The third-order valence-corrected chi connectivity index (χ3v) is 6.55. The molecule has 156 valence electrons. The summed E-state index contributed by atoms with van der Waals surface area (Å²) in [5.41, 5.74) is 1.37. The topological polar surface area (TPSA) is 84.9 Å². The molecule has 2 aliphatic rings. The third-order valence-electron chi connectivity index (χ3n) is 5.86. The van der Waals surface area contributed by atoms with Crippen molar-refractivity contribution in [3.8, 4) is 5.75 Å². The predicted octanol–water partition coefficient (Wildman–Crippen LogP) is 1.95. The molecule has 2 heterocycles. The number of nitrogens with zero attached hydrogens (tertiary/aromatic N) is 1. The molecule has 0 aliphatic carbocycles. The second-order valence-electron chi connectivity index (χ2n) is 7.98. The molecule has 0 bridgehead atoms. The number of likely N-dealkylation sites (tertiary alicyclic amines) is 1. The Bertz CT molecular complexity index is 816. The lowest BCUT2D eigenvalue weighted by Crippen LogP contribution is -2.51. The van der Waals surface area contributed by atoms with Gasteiger partial charge in [0.2, 0.25) is 10.0 Å². The summed E-state index contributed by atoms with van der Waals surface area (Å²) in [5.74, 6) is 1.06. The fourth-order valence-corrected chi connectivity index (χ4v) is 4.75.